The van der Waals surface area contributed by atoms with E-state index in [2.05, 4.69) is 13.8 Å². The molecule has 1 aliphatic rings. The van der Waals surface area contributed by atoms with E-state index in [0.717, 1.165) is 16.0 Å². The Morgan fingerprint density at radius 3 is 2.50 bits per heavy atom. The van der Waals surface area contributed by atoms with Crippen molar-refractivity contribution in [3.63, 3.8) is 0 Å². The molecule has 0 saturated heterocycles. The third-order valence-corrected chi connectivity index (χ3v) is 3.52. The first-order valence-corrected chi connectivity index (χ1v) is 6.18. The lowest BCUT2D eigenvalue weighted by Gasteiger charge is -2.04. The molecule has 0 bridgehead atoms. The summed E-state index contributed by atoms with van der Waals surface area (Å²) < 4.78 is 22.7. The van der Waals surface area contributed by atoms with E-state index >= 15 is 0 Å². The van der Waals surface area contributed by atoms with Crippen LogP contribution < -0.4 is 10.4 Å². The van der Waals surface area contributed by atoms with Gasteiger partial charge in [0.25, 0.3) is 0 Å². The van der Waals surface area contributed by atoms with Crippen LogP contribution in [0.25, 0.3) is 10.8 Å². The predicted octanol–water partition coefficient (Wildman–Crippen LogP) is 0.714. The maximum atomic E-state index is 11.4. The normalized spacial score (nSPS) is 17.4. The zero-order valence-electron chi connectivity index (χ0n) is 8.19. The summed E-state index contributed by atoms with van der Waals surface area (Å²) in [5.74, 6) is 0.350. The van der Waals surface area contributed by atoms with E-state index in [1.165, 1.54) is 10.8 Å². The molecule has 1 aliphatic heterocycles. The largest absolute Gasteiger partial charge is 0.220 e. The molecule has 0 saturated carbocycles. The number of rotatable bonds is 1. The Morgan fingerprint density at radius 1 is 1.14 bits per heavy atom. The maximum Gasteiger partial charge on any atom is 0.194 e. The Morgan fingerprint density at radius 2 is 1.86 bits per heavy atom. The molecule has 2 nitrogen and oxygen atoms in total. The average molecular weight is 208 g/mol. The van der Waals surface area contributed by atoms with Gasteiger partial charge in [0.2, 0.25) is 0 Å². The van der Waals surface area contributed by atoms with Crippen molar-refractivity contribution in [1.29, 1.82) is 0 Å². The second kappa shape index (κ2) is 2.95. The average Bonchev–Trinajstić information content (AvgIpc) is 2.36. The predicted molar refractivity (Wildman–Crippen MR) is 57.6 cm³/mol. The van der Waals surface area contributed by atoms with Crippen LogP contribution in [0.1, 0.15) is 25.3 Å². The summed E-state index contributed by atoms with van der Waals surface area (Å²) in [5.41, 5.74) is 1.10. The number of fused-ring (bicyclic) bond motifs is 1. The maximum absolute atomic E-state index is 11.4. The highest BCUT2D eigenvalue weighted by Crippen LogP contribution is 2.09. The number of hydrogen-bond acceptors (Lipinski definition) is 2. The molecule has 1 aromatic rings. The number of benzene rings is 1. The minimum absolute atomic E-state index is 0.350. The van der Waals surface area contributed by atoms with Gasteiger partial charge in [-0.05, 0) is 21.9 Å². The summed E-state index contributed by atoms with van der Waals surface area (Å²) in [6, 6.07) is 5.72. The molecule has 2 rings (SSSR count). The Balaban J connectivity index is 2.89. The smallest absolute Gasteiger partial charge is 0.194 e. The van der Waals surface area contributed by atoms with E-state index in [-0.39, 0.29) is 0 Å². The van der Waals surface area contributed by atoms with Crippen LogP contribution in [0.2, 0.25) is 0 Å². The van der Waals surface area contributed by atoms with E-state index in [4.69, 9.17) is 0 Å². The van der Waals surface area contributed by atoms with Crippen LogP contribution in [0.15, 0.2) is 18.2 Å². The minimum atomic E-state index is -3.11. The van der Waals surface area contributed by atoms with Gasteiger partial charge >= 0.3 is 0 Å². The molecular weight excluding hydrogens is 196 g/mol. The highest BCUT2D eigenvalue weighted by Gasteiger charge is 2.12. The van der Waals surface area contributed by atoms with Crippen LogP contribution in [-0.4, -0.2) is 8.42 Å². The lowest BCUT2D eigenvalue weighted by Crippen LogP contribution is -2.25. The summed E-state index contributed by atoms with van der Waals surface area (Å²) in [7, 11) is -3.11. The van der Waals surface area contributed by atoms with Gasteiger partial charge in [0.15, 0.2) is 9.84 Å². The minimum Gasteiger partial charge on any atom is -0.220 e. The molecule has 0 atom stereocenters. The van der Waals surface area contributed by atoms with Gasteiger partial charge in [0, 0.05) is 10.8 Å². The summed E-state index contributed by atoms with van der Waals surface area (Å²) >= 11 is 0. The molecule has 0 fully saturated rings. The van der Waals surface area contributed by atoms with E-state index in [9.17, 15) is 8.42 Å². The van der Waals surface area contributed by atoms with Crippen molar-refractivity contribution >= 4 is 20.7 Å². The van der Waals surface area contributed by atoms with Crippen molar-refractivity contribution in [3.05, 3.63) is 34.2 Å². The van der Waals surface area contributed by atoms with E-state index in [0.29, 0.717) is 5.92 Å². The van der Waals surface area contributed by atoms with Crippen LogP contribution in [0.3, 0.4) is 0 Å². The van der Waals surface area contributed by atoms with Crippen molar-refractivity contribution in [1.82, 2.24) is 0 Å². The second-order valence-corrected chi connectivity index (χ2v) is 5.48. The van der Waals surface area contributed by atoms with Gasteiger partial charge in [-0.15, -0.1) is 0 Å². The van der Waals surface area contributed by atoms with Gasteiger partial charge in [0.1, 0.15) is 0 Å². The third-order valence-electron chi connectivity index (χ3n) is 2.37. The van der Waals surface area contributed by atoms with Crippen molar-refractivity contribution in [3.8, 4) is 0 Å². The summed E-state index contributed by atoms with van der Waals surface area (Å²) in [4.78, 5) is 0. The Labute approximate surface area is 83.5 Å². The molecule has 0 aliphatic carbocycles. The molecule has 1 heterocycles. The highest BCUT2D eigenvalue weighted by molar-refractivity contribution is 8.06. The number of hydrogen-bond donors (Lipinski definition) is 0. The fraction of sp³-hybridized carbons (Fsp3) is 0.273. The Bertz CT molecular complexity index is 580. The Hall–Kier alpha value is -1.09. The molecule has 0 aromatic heterocycles. The quantitative estimate of drug-likeness (QED) is 0.681. The van der Waals surface area contributed by atoms with Crippen LogP contribution >= 0.6 is 0 Å². The fourth-order valence-electron chi connectivity index (χ4n) is 1.72. The first kappa shape index (κ1) is 9.46. The number of sulfone groups is 1. The standard InChI is InChI=1S/C11H12O2S/c1-8(2)10-5-3-4-9-6-14(12,13)7-11(9)10/h3-8H,1-2H3. The van der Waals surface area contributed by atoms with Crippen LogP contribution in [0.5, 0.6) is 0 Å². The van der Waals surface area contributed by atoms with Crippen LogP contribution in [-0.2, 0) is 9.84 Å². The van der Waals surface area contributed by atoms with Crippen LogP contribution in [0.4, 0.5) is 0 Å². The van der Waals surface area contributed by atoms with Crippen LogP contribution in [0, 0.1) is 0 Å². The molecule has 0 unspecified atom stereocenters. The van der Waals surface area contributed by atoms with Crippen molar-refractivity contribution < 1.29 is 8.42 Å². The van der Waals surface area contributed by atoms with Crippen molar-refractivity contribution in [2.24, 2.45) is 0 Å². The molecule has 14 heavy (non-hydrogen) atoms. The lowest BCUT2D eigenvalue weighted by atomic mass is 10.0. The van der Waals surface area contributed by atoms with E-state index < -0.39 is 9.84 Å². The third kappa shape index (κ3) is 1.48. The highest BCUT2D eigenvalue weighted by atomic mass is 32.2. The molecule has 0 N–H and O–H groups in total. The van der Waals surface area contributed by atoms with Crippen molar-refractivity contribution in [2.75, 3.05) is 0 Å². The van der Waals surface area contributed by atoms with Gasteiger partial charge in [-0.3, -0.25) is 0 Å². The molecule has 1 aromatic carbocycles. The molecule has 74 valence electrons. The van der Waals surface area contributed by atoms with Gasteiger partial charge in [-0.2, -0.15) is 0 Å². The fourth-order valence-corrected chi connectivity index (χ4v) is 2.95. The summed E-state index contributed by atoms with van der Waals surface area (Å²) in [6.07, 6.45) is 0. The first-order chi connectivity index (χ1) is 6.49. The van der Waals surface area contributed by atoms with Gasteiger partial charge in [-0.1, -0.05) is 32.0 Å². The molecule has 0 spiro atoms. The van der Waals surface area contributed by atoms with Gasteiger partial charge in [-0.25, -0.2) is 8.42 Å². The van der Waals surface area contributed by atoms with E-state index in [1.807, 2.05) is 18.2 Å². The van der Waals surface area contributed by atoms with Crippen molar-refractivity contribution in [2.45, 2.75) is 19.8 Å². The monoisotopic (exact) mass is 208 g/mol. The second-order valence-electron chi connectivity index (χ2n) is 3.83. The molecule has 0 amide bonds. The van der Waals surface area contributed by atoms with E-state index in [1.54, 1.807) is 0 Å². The topological polar surface area (TPSA) is 34.1 Å². The van der Waals surface area contributed by atoms with Gasteiger partial charge < -0.3 is 0 Å². The molecule has 0 radical (unpaired) electrons. The molecule has 3 heteroatoms. The lowest BCUT2D eigenvalue weighted by molar-refractivity contribution is 0.617. The zero-order valence-corrected chi connectivity index (χ0v) is 9.01. The first-order valence-electron chi connectivity index (χ1n) is 4.57. The Kier molecular flexibility index (Phi) is 2.00. The molecular formula is C11H12O2S. The SMILES string of the molecule is CC(C)c1cccc2c1=CS(=O)(=O)C=2. The zero-order chi connectivity index (χ0) is 10.3. The summed E-state index contributed by atoms with van der Waals surface area (Å²) in [6.45, 7) is 4.13. The summed E-state index contributed by atoms with van der Waals surface area (Å²) in [5, 5.41) is 4.37. The van der Waals surface area contributed by atoms with Gasteiger partial charge in [0.05, 0.1) is 0 Å².